The van der Waals surface area contributed by atoms with Gasteiger partial charge in [-0.25, -0.2) is 18.4 Å². The Kier molecular flexibility index (Phi) is 5.54. The van der Waals surface area contributed by atoms with Crippen LogP contribution < -0.4 is 5.14 Å². The van der Waals surface area contributed by atoms with Gasteiger partial charge in [-0.05, 0) is 30.3 Å². The molecule has 2 aromatic carbocycles. The summed E-state index contributed by atoms with van der Waals surface area (Å²) in [4.78, 5) is 11.7. The van der Waals surface area contributed by atoms with Gasteiger partial charge in [0, 0.05) is 15.6 Å². The van der Waals surface area contributed by atoms with Crippen LogP contribution in [-0.4, -0.2) is 14.4 Å². The SMILES string of the molecule is NS(=O)(=O)c1cc(C(=O)OCc2c(Cl)cccc2Cl)ccc1Cl. The third kappa shape index (κ3) is 4.37. The van der Waals surface area contributed by atoms with E-state index >= 15 is 0 Å². The molecule has 9 heteroatoms. The van der Waals surface area contributed by atoms with E-state index < -0.39 is 16.0 Å². The van der Waals surface area contributed by atoms with E-state index in [0.29, 0.717) is 15.6 Å². The van der Waals surface area contributed by atoms with Crippen molar-refractivity contribution < 1.29 is 17.9 Å². The lowest BCUT2D eigenvalue weighted by Gasteiger charge is -2.09. The van der Waals surface area contributed by atoms with Crippen molar-refractivity contribution in [2.75, 3.05) is 0 Å². The highest BCUT2D eigenvalue weighted by atomic mass is 35.5. The molecule has 2 N–H and O–H groups in total. The number of nitrogens with two attached hydrogens (primary N) is 1. The number of benzene rings is 2. The highest BCUT2D eigenvalue weighted by molar-refractivity contribution is 7.89. The fraction of sp³-hybridized carbons (Fsp3) is 0.0714. The monoisotopic (exact) mass is 393 g/mol. The molecule has 0 saturated heterocycles. The number of primary sulfonamides is 1. The molecule has 2 rings (SSSR count). The predicted octanol–water partition coefficient (Wildman–Crippen LogP) is 3.65. The highest BCUT2D eigenvalue weighted by Gasteiger charge is 2.18. The van der Waals surface area contributed by atoms with Crippen molar-refractivity contribution in [1.29, 1.82) is 0 Å². The Morgan fingerprint density at radius 2 is 1.65 bits per heavy atom. The fourth-order valence-corrected chi connectivity index (χ4v) is 3.32. The van der Waals surface area contributed by atoms with Crippen LogP contribution in [-0.2, 0) is 21.4 Å². The number of carbonyl (C=O) groups is 1. The Balaban J connectivity index is 2.22. The van der Waals surface area contributed by atoms with Crippen molar-refractivity contribution in [2.24, 2.45) is 5.14 Å². The fourth-order valence-electron chi connectivity index (χ4n) is 1.74. The van der Waals surface area contributed by atoms with Gasteiger partial charge in [0.2, 0.25) is 10.0 Å². The molecule has 0 radical (unpaired) electrons. The van der Waals surface area contributed by atoms with Gasteiger partial charge >= 0.3 is 5.97 Å². The second-order valence-electron chi connectivity index (χ2n) is 4.47. The Labute approximate surface area is 148 Å². The number of ether oxygens (including phenoxy) is 1. The number of rotatable bonds is 4. The molecule has 122 valence electrons. The first kappa shape index (κ1) is 18.0. The maximum atomic E-state index is 12.0. The molecule has 0 amide bonds. The summed E-state index contributed by atoms with van der Waals surface area (Å²) in [5.41, 5.74) is 0.436. The quantitative estimate of drug-likeness (QED) is 0.802. The standard InChI is InChI=1S/C14H10Cl3NO4S/c15-10-2-1-3-11(16)9(10)7-22-14(19)8-4-5-12(17)13(6-8)23(18,20)21/h1-6H,7H2,(H2,18,20,21). The number of hydrogen-bond acceptors (Lipinski definition) is 4. The molecule has 23 heavy (non-hydrogen) atoms. The molecule has 0 bridgehead atoms. The minimum atomic E-state index is -4.05. The summed E-state index contributed by atoms with van der Waals surface area (Å²) < 4.78 is 27.9. The Morgan fingerprint density at radius 3 is 2.22 bits per heavy atom. The van der Waals surface area contributed by atoms with Crippen LogP contribution >= 0.6 is 34.8 Å². The van der Waals surface area contributed by atoms with Gasteiger partial charge in [0.25, 0.3) is 0 Å². The predicted molar refractivity (Wildman–Crippen MR) is 88.4 cm³/mol. The molecule has 0 saturated carbocycles. The highest BCUT2D eigenvalue weighted by Crippen LogP contribution is 2.26. The Hall–Kier alpha value is -1.31. The summed E-state index contributed by atoms with van der Waals surface area (Å²) in [5, 5.41) is 5.65. The van der Waals surface area contributed by atoms with Gasteiger partial charge in [-0.15, -0.1) is 0 Å². The second kappa shape index (κ2) is 7.07. The maximum Gasteiger partial charge on any atom is 0.338 e. The minimum Gasteiger partial charge on any atom is -0.457 e. The van der Waals surface area contributed by atoms with Crippen LogP contribution in [0, 0.1) is 0 Å². The van der Waals surface area contributed by atoms with Crippen LogP contribution in [0.5, 0.6) is 0 Å². The molecular formula is C14H10Cl3NO4S. The number of esters is 1. The number of hydrogen-bond donors (Lipinski definition) is 1. The summed E-state index contributed by atoms with van der Waals surface area (Å²) in [6.45, 7) is -0.162. The average Bonchev–Trinajstić information content (AvgIpc) is 2.45. The van der Waals surface area contributed by atoms with E-state index in [1.54, 1.807) is 18.2 Å². The molecule has 0 aromatic heterocycles. The van der Waals surface area contributed by atoms with Crippen molar-refractivity contribution in [2.45, 2.75) is 11.5 Å². The van der Waals surface area contributed by atoms with E-state index in [-0.39, 0.29) is 22.1 Å². The van der Waals surface area contributed by atoms with Gasteiger partial charge in [0.05, 0.1) is 10.6 Å². The number of sulfonamides is 1. The first-order chi connectivity index (χ1) is 10.7. The number of halogens is 3. The van der Waals surface area contributed by atoms with E-state index in [2.05, 4.69) is 0 Å². The zero-order valence-electron chi connectivity index (χ0n) is 11.4. The van der Waals surface area contributed by atoms with Crippen molar-refractivity contribution in [3.05, 3.63) is 62.6 Å². The molecule has 0 aliphatic carbocycles. The minimum absolute atomic E-state index is 0.0124. The molecule has 0 spiro atoms. The van der Waals surface area contributed by atoms with Crippen LogP contribution in [0.2, 0.25) is 15.1 Å². The molecular weight excluding hydrogens is 385 g/mol. The lowest BCUT2D eigenvalue weighted by molar-refractivity contribution is 0.0473. The second-order valence-corrected chi connectivity index (χ2v) is 7.22. The lowest BCUT2D eigenvalue weighted by atomic mass is 10.2. The van der Waals surface area contributed by atoms with Gasteiger partial charge in [0.1, 0.15) is 11.5 Å². The van der Waals surface area contributed by atoms with Crippen LogP contribution in [0.4, 0.5) is 0 Å². The molecule has 0 aliphatic rings. The maximum absolute atomic E-state index is 12.0. The van der Waals surface area contributed by atoms with Crippen LogP contribution in [0.25, 0.3) is 0 Å². The first-order valence-electron chi connectivity index (χ1n) is 6.12. The molecule has 0 unspecified atom stereocenters. The average molecular weight is 395 g/mol. The van der Waals surface area contributed by atoms with Crippen LogP contribution in [0.1, 0.15) is 15.9 Å². The molecule has 0 aliphatic heterocycles. The van der Waals surface area contributed by atoms with Gasteiger partial charge in [-0.1, -0.05) is 40.9 Å². The van der Waals surface area contributed by atoms with Crippen molar-refractivity contribution in [3.8, 4) is 0 Å². The van der Waals surface area contributed by atoms with E-state index in [1.165, 1.54) is 12.1 Å². The van der Waals surface area contributed by atoms with Crippen molar-refractivity contribution in [3.63, 3.8) is 0 Å². The summed E-state index contributed by atoms with van der Waals surface area (Å²) in [7, 11) is -4.05. The summed E-state index contributed by atoms with van der Waals surface area (Å²) >= 11 is 17.7. The summed E-state index contributed by atoms with van der Waals surface area (Å²) in [6.07, 6.45) is 0. The van der Waals surface area contributed by atoms with Crippen molar-refractivity contribution in [1.82, 2.24) is 0 Å². The van der Waals surface area contributed by atoms with Gasteiger partial charge in [0.15, 0.2) is 0 Å². The largest absolute Gasteiger partial charge is 0.457 e. The third-order valence-electron chi connectivity index (χ3n) is 2.88. The van der Waals surface area contributed by atoms with Crippen LogP contribution in [0.3, 0.4) is 0 Å². The van der Waals surface area contributed by atoms with Gasteiger partial charge in [-0.2, -0.15) is 0 Å². The molecule has 0 fully saturated rings. The Morgan fingerprint density at radius 1 is 1.04 bits per heavy atom. The summed E-state index contributed by atoms with van der Waals surface area (Å²) in [6, 6.07) is 8.51. The first-order valence-corrected chi connectivity index (χ1v) is 8.80. The molecule has 0 heterocycles. The molecule has 2 aromatic rings. The van der Waals surface area contributed by atoms with E-state index in [9.17, 15) is 13.2 Å². The smallest absolute Gasteiger partial charge is 0.338 e. The zero-order chi connectivity index (χ0) is 17.2. The summed E-state index contributed by atoms with van der Waals surface area (Å²) in [5.74, 6) is -0.762. The Bertz CT molecular complexity index is 848. The molecule has 0 atom stereocenters. The van der Waals surface area contributed by atoms with E-state index in [4.69, 9.17) is 44.7 Å². The van der Waals surface area contributed by atoms with Crippen molar-refractivity contribution >= 4 is 50.8 Å². The molecule has 5 nitrogen and oxygen atoms in total. The topological polar surface area (TPSA) is 86.5 Å². The number of carbonyl (C=O) groups excluding carboxylic acids is 1. The zero-order valence-corrected chi connectivity index (χ0v) is 14.5. The van der Waals surface area contributed by atoms with E-state index in [1.807, 2.05) is 0 Å². The third-order valence-corrected chi connectivity index (χ3v) is 4.98. The normalized spacial score (nSPS) is 11.3. The van der Waals surface area contributed by atoms with E-state index in [0.717, 1.165) is 6.07 Å². The lowest BCUT2D eigenvalue weighted by Crippen LogP contribution is -2.14. The van der Waals surface area contributed by atoms with Gasteiger partial charge in [-0.3, -0.25) is 0 Å². The van der Waals surface area contributed by atoms with Gasteiger partial charge < -0.3 is 4.74 Å². The van der Waals surface area contributed by atoms with Crippen LogP contribution in [0.15, 0.2) is 41.3 Å².